The van der Waals surface area contributed by atoms with Gasteiger partial charge in [0.1, 0.15) is 0 Å². The number of hydrogen-bond donors (Lipinski definition) is 1. The lowest BCUT2D eigenvalue weighted by Crippen LogP contribution is -2.44. The van der Waals surface area contributed by atoms with Crippen molar-refractivity contribution in [3.8, 4) is 0 Å². The molecule has 2 heterocycles. The average molecular weight is 436 g/mol. The predicted molar refractivity (Wildman–Crippen MR) is 115 cm³/mol. The standard InChI is InChI=1S/C21H26ClN3O3S/c1-15-10-16(11-17-6-3-4-8-19(17)22)12-20(24-15)18-7-5-9-25(14-18)21(26)13-23-29(2,27)28/h3-4,6,8,10,12,18,23H,5,7,9,11,13-14H2,1-2H3/t18-/m1/s1. The maximum Gasteiger partial charge on any atom is 0.237 e. The molecule has 1 aromatic carbocycles. The lowest BCUT2D eigenvalue weighted by atomic mass is 9.92. The summed E-state index contributed by atoms with van der Waals surface area (Å²) in [6, 6.07) is 12.0. The lowest BCUT2D eigenvalue weighted by molar-refractivity contribution is -0.131. The largest absolute Gasteiger partial charge is 0.341 e. The summed E-state index contributed by atoms with van der Waals surface area (Å²) >= 11 is 6.31. The van der Waals surface area contributed by atoms with E-state index in [9.17, 15) is 13.2 Å². The van der Waals surface area contributed by atoms with Crippen LogP contribution in [-0.4, -0.2) is 50.1 Å². The molecule has 0 radical (unpaired) electrons. The highest BCUT2D eigenvalue weighted by molar-refractivity contribution is 7.88. The molecule has 0 bridgehead atoms. The highest BCUT2D eigenvalue weighted by atomic mass is 35.5. The van der Waals surface area contributed by atoms with Crippen molar-refractivity contribution in [2.45, 2.75) is 32.1 Å². The minimum atomic E-state index is -3.39. The van der Waals surface area contributed by atoms with Gasteiger partial charge in [0.25, 0.3) is 0 Å². The van der Waals surface area contributed by atoms with E-state index in [1.807, 2.05) is 31.2 Å². The zero-order valence-corrected chi connectivity index (χ0v) is 18.3. The van der Waals surface area contributed by atoms with Crippen molar-refractivity contribution in [1.82, 2.24) is 14.6 Å². The number of nitrogens with zero attached hydrogens (tertiary/aromatic N) is 2. The number of carbonyl (C=O) groups excluding carboxylic acids is 1. The fourth-order valence-corrected chi connectivity index (χ4v) is 4.28. The lowest BCUT2D eigenvalue weighted by Gasteiger charge is -2.33. The minimum Gasteiger partial charge on any atom is -0.341 e. The molecule has 0 saturated carbocycles. The first-order valence-electron chi connectivity index (χ1n) is 9.64. The first-order valence-corrected chi connectivity index (χ1v) is 11.9. The van der Waals surface area contributed by atoms with Crippen LogP contribution in [0.25, 0.3) is 0 Å². The molecule has 1 aliphatic heterocycles. The third-order valence-corrected chi connectivity index (χ3v) is 6.10. The van der Waals surface area contributed by atoms with E-state index in [4.69, 9.17) is 16.6 Å². The number of halogens is 1. The summed E-state index contributed by atoms with van der Waals surface area (Å²) in [5.74, 6) is -0.0695. The summed E-state index contributed by atoms with van der Waals surface area (Å²) in [7, 11) is -3.39. The van der Waals surface area contributed by atoms with E-state index in [0.29, 0.717) is 13.1 Å². The Morgan fingerprint density at radius 1 is 1.31 bits per heavy atom. The van der Waals surface area contributed by atoms with Gasteiger partial charge in [0.05, 0.1) is 12.8 Å². The van der Waals surface area contributed by atoms with Crippen LogP contribution in [0.1, 0.15) is 41.3 Å². The minimum absolute atomic E-state index is 0.135. The molecule has 29 heavy (non-hydrogen) atoms. The number of likely N-dealkylation sites (tertiary alicyclic amines) is 1. The van der Waals surface area contributed by atoms with E-state index in [1.165, 1.54) is 0 Å². The number of nitrogens with one attached hydrogen (secondary N) is 1. The number of aromatic nitrogens is 1. The molecule has 6 nitrogen and oxygen atoms in total. The Morgan fingerprint density at radius 2 is 2.07 bits per heavy atom. The van der Waals surface area contributed by atoms with Crippen molar-refractivity contribution < 1.29 is 13.2 Å². The molecule has 3 rings (SSSR count). The van der Waals surface area contributed by atoms with Crippen LogP contribution in [-0.2, 0) is 21.2 Å². The Labute approximate surface area is 177 Å². The molecule has 0 aliphatic carbocycles. The van der Waals surface area contributed by atoms with Gasteiger partial charge in [-0.3, -0.25) is 9.78 Å². The van der Waals surface area contributed by atoms with Crippen LogP contribution in [0.15, 0.2) is 36.4 Å². The van der Waals surface area contributed by atoms with Gasteiger partial charge in [0.2, 0.25) is 15.9 Å². The summed E-state index contributed by atoms with van der Waals surface area (Å²) in [6.07, 6.45) is 3.59. The number of piperidine rings is 1. The zero-order chi connectivity index (χ0) is 21.0. The van der Waals surface area contributed by atoms with Crippen LogP contribution in [0.4, 0.5) is 0 Å². The molecule has 1 amide bonds. The van der Waals surface area contributed by atoms with Gasteiger partial charge >= 0.3 is 0 Å². The van der Waals surface area contributed by atoms with Gasteiger partial charge in [-0.05, 0) is 55.5 Å². The van der Waals surface area contributed by atoms with Crippen molar-refractivity contribution in [2.75, 3.05) is 25.9 Å². The van der Waals surface area contributed by atoms with Crippen LogP contribution in [0.5, 0.6) is 0 Å². The van der Waals surface area contributed by atoms with Crippen LogP contribution in [0, 0.1) is 6.92 Å². The van der Waals surface area contributed by atoms with E-state index in [2.05, 4.69) is 16.9 Å². The summed E-state index contributed by atoms with van der Waals surface area (Å²) in [6.45, 7) is 2.96. The van der Waals surface area contributed by atoms with Crippen LogP contribution < -0.4 is 4.72 Å². The Hall–Kier alpha value is -1.96. The number of aryl methyl sites for hydroxylation is 1. The first-order chi connectivity index (χ1) is 13.7. The van der Waals surface area contributed by atoms with Crippen LogP contribution in [0.3, 0.4) is 0 Å². The number of pyridine rings is 1. The SMILES string of the molecule is Cc1cc(Cc2ccccc2Cl)cc([C@@H]2CCCN(C(=O)CNS(C)(=O)=O)C2)n1. The Balaban J connectivity index is 1.73. The van der Waals surface area contributed by atoms with Crippen molar-refractivity contribution >= 4 is 27.5 Å². The van der Waals surface area contributed by atoms with Gasteiger partial charge in [-0.2, -0.15) is 0 Å². The van der Waals surface area contributed by atoms with E-state index in [0.717, 1.165) is 53.1 Å². The first kappa shape index (κ1) is 21.7. The summed E-state index contributed by atoms with van der Waals surface area (Å²) in [4.78, 5) is 18.8. The average Bonchev–Trinajstić information content (AvgIpc) is 2.67. The fourth-order valence-electron chi connectivity index (χ4n) is 3.69. The highest BCUT2D eigenvalue weighted by Gasteiger charge is 2.26. The molecule has 2 aromatic rings. The smallest absolute Gasteiger partial charge is 0.237 e. The molecule has 156 valence electrons. The summed E-state index contributed by atoms with van der Waals surface area (Å²) in [5, 5.41) is 0.747. The third kappa shape index (κ3) is 6.26. The molecule has 1 atom stereocenters. The van der Waals surface area contributed by atoms with Gasteiger partial charge < -0.3 is 4.90 Å². The summed E-state index contributed by atoms with van der Waals surface area (Å²) < 4.78 is 24.8. The topological polar surface area (TPSA) is 79.4 Å². The Kier molecular flexibility index (Phi) is 6.93. The Morgan fingerprint density at radius 3 is 2.79 bits per heavy atom. The second-order valence-corrected chi connectivity index (χ2v) is 9.82. The second-order valence-electron chi connectivity index (χ2n) is 7.58. The number of sulfonamides is 1. The van der Waals surface area contributed by atoms with Crippen LogP contribution in [0.2, 0.25) is 5.02 Å². The molecule has 0 spiro atoms. The van der Waals surface area contributed by atoms with Gasteiger partial charge in [-0.1, -0.05) is 29.8 Å². The zero-order valence-electron chi connectivity index (χ0n) is 16.7. The van der Waals surface area contributed by atoms with Gasteiger partial charge in [-0.25, -0.2) is 13.1 Å². The van der Waals surface area contributed by atoms with E-state index >= 15 is 0 Å². The quantitative estimate of drug-likeness (QED) is 0.756. The van der Waals surface area contributed by atoms with Gasteiger partial charge in [-0.15, -0.1) is 0 Å². The fraction of sp³-hybridized carbons (Fsp3) is 0.429. The highest BCUT2D eigenvalue weighted by Crippen LogP contribution is 2.28. The summed E-state index contributed by atoms with van der Waals surface area (Å²) in [5.41, 5.74) is 4.12. The number of hydrogen-bond acceptors (Lipinski definition) is 4. The van der Waals surface area contributed by atoms with E-state index in [-0.39, 0.29) is 18.4 Å². The predicted octanol–water partition coefficient (Wildman–Crippen LogP) is 2.89. The van der Waals surface area contributed by atoms with Crippen LogP contribution >= 0.6 is 11.6 Å². The normalized spacial score (nSPS) is 17.3. The Bertz CT molecular complexity index is 994. The van der Waals surface area contributed by atoms with E-state index < -0.39 is 10.0 Å². The van der Waals surface area contributed by atoms with Gasteiger partial charge in [0.15, 0.2) is 0 Å². The molecule has 8 heteroatoms. The molecule has 0 unspecified atom stereocenters. The van der Waals surface area contributed by atoms with E-state index in [1.54, 1.807) is 4.90 Å². The molecule has 1 aromatic heterocycles. The number of amides is 1. The monoisotopic (exact) mass is 435 g/mol. The maximum absolute atomic E-state index is 12.4. The molecule has 1 aliphatic rings. The number of rotatable bonds is 6. The van der Waals surface area contributed by atoms with Gasteiger partial charge in [0, 0.05) is 35.4 Å². The van der Waals surface area contributed by atoms with Crippen molar-refractivity contribution in [2.24, 2.45) is 0 Å². The number of carbonyl (C=O) groups is 1. The second kappa shape index (κ2) is 9.24. The maximum atomic E-state index is 12.4. The number of benzene rings is 1. The third-order valence-electron chi connectivity index (χ3n) is 5.06. The van der Waals surface area contributed by atoms with Crippen molar-refractivity contribution in [3.63, 3.8) is 0 Å². The molecular formula is C21H26ClN3O3S. The molecular weight excluding hydrogens is 410 g/mol. The molecule has 1 fully saturated rings. The molecule has 1 N–H and O–H groups in total. The van der Waals surface area contributed by atoms with Crippen molar-refractivity contribution in [3.05, 3.63) is 63.9 Å². The van der Waals surface area contributed by atoms with Crippen molar-refractivity contribution in [1.29, 1.82) is 0 Å². The molecule has 1 saturated heterocycles.